The van der Waals surface area contributed by atoms with Crippen LogP contribution in [0.2, 0.25) is 0 Å². The molecule has 1 aromatic carbocycles. The molecule has 0 unspecified atom stereocenters. The van der Waals surface area contributed by atoms with Crippen LogP contribution in [-0.2, 0) is 19.0 Å². The van der Waals surface area contributed by atoms with Crippen molar-refractivity contribution in [2.24, 2.45) is 0 Å². The molecule has 2 rings (SSSR count). The van der Waals surface area contributed by atoms with Crippen LogP contribution >= 0.6 is 0 Å². The first kappa shape index (κ1) is 19.9. The zero-order chi connectivity index (χ0) is 19.3. The van der Waals surface area contributed by atoms with Gasteiger partial charge in [-0.1, -0.05) is 0 Å². The van der Waals surface area contributed by atoms with Crippen molar-refractivity contribution < 1.29 is 28.6 Å². The van der Waals surface area contributed by atoms with Crippen molar-refractivity contribution in [3.8, 4) is 0 Å². The third kappa shape index (κ3) is 5.27. The van der Waals surface area contributed by atoms with Gasteiger partial charge in [0.05, 0.1) is 44.1 Å². The molecule has 1 aromatic rings. The monoisotopic (exact) mass is 364 g/mol. The van der Waals surface area contributed by atoms with Gasteiger partial charge in [0.2, 0.25) is 5.91 Å². The van der Waals surface area contributed by atoms with Gasteiger partial charge >= 0.3 is 11.9 Å². The molecule has 8 nitrogen and oxygen atoms in total. The van der Waals surface area contributed by atoms with E-state index in [0.717, 1.165) is 0 Å². The van der Waals surface area contributed by atoms with E-state index in [9.17, 15) is 14.4 Å². The molecule has 0 spiro atoms. The summed E-state index contributed by atoms with van der Waals surface area (Å²) in [7, 11) is 2.48. The van der Waals surface area contributed by atoms with E-state index in [-0.39, 0.29) is 35.8 Å². The Bertz CT molecular complexity index is 646. The molecule has 1 amide bonds. The Morgan fingerprint density at radius 2 is 1.54 bits per heavy atom. The number of rotatable bonds is 5. The van der Waals surface area contributed by atoms with Gasteiger partial charge in [-0.05, 0) is 32.0 Å². The second-order valence-electron chi connectivity index (χ2n) is 6.28. The van der Waals surface area contributed by atoms with Gasteiger partial charge in [-0.3, -0.25) is 9.69 Å². The van der Waals surface area contributed by atoms with Crippen LogP contribution < -0.4 is 5.32 Å². The Kier molecular flexibility index (Phi) is 6.70. The molecule has 1 saturated heterocycles. The predicted octanol–water partition coefficient (Wildman–Crippen LogP) is 1.31. The zero-order valence-electron chi connectivity index (χ0n) is 15.4. The Morgan fingerprint density at radius 1 is 1.04 bits per heavy atom. The van der Waals surface area contributed by atoms with Crippen molar-refractivity contribution in [3.05, 3.63) is 29.3 Å². The lowest BCUT2D eigenvalue weighted by Gasteiger charge is -2.34. The fourth-order valence-electron chi connectivity index (χ4n) is 2.99. The van der Waals surface area contributed by atoms with Crippen LogP contribution in [0.25, 0.3) is 0 Å². The van der Waals surface area contributed by atoms with E-state index in [1.165, 1.54) is 32.4 Å². The highest BCUT2D eigenvalue weighted by Gasteiger charge is 2.24. The smallest absolute Gasteiger partial charge is 0.337 e. The quantitative estimate of drug-likeness (QED) is 0.787. The molecule has 0 radical (unpaired) electrons. The first-order valence-electron chi connectivity index (χ1n) is 8.31. The number of amides is 1. The van der Waals surface area contributed by atoms with Gasteiger partial charge in [0, 0.05) is 18.8 Å². The zero-order valence-corrected chi connectivity index (χ0v) is 15.4. The van der Waals surface area contributed by atoms with Crippen LogP contribution in [0.4, 0.5) is 5.69 Å². The largest absolute Gasteiger partial charge is 0.465 e. The van der Waals surface area contributed by atoms with Crippen LogP contribution in [0.15, 0.2) is 18.2 Å². The number of anilines is 1. The number of carbonyl (C=O) groups excluding carboxylic acids is 3. The molecule has 0 aromatic heterocycles. The van der Waals surface area contributed by atoms with E-state index in [2.05, 4.69) is 14.8 Å². The number of nitrogens with one attached hydrogen (secondary N) is 1. The van der Waals surface area contributed by atoms with Gasteiger partial charge in [0.25, 0.3) is 0 Å². The minimum Gasteiger partial charge on any atom is -0.465 e. The molecule has 8 heteroatoms. The molecule has 26 heavy (non-hydrogen) atoms. The molecular formula is C18H24N2O6. The summed E-state index contributed by atoms with van der Waals surface area (Å²) in [6.45, 7) is 5.43. The summed E-state index contributed by atoms with van der Waals surface area (Å²) in [5.74, 6) is -1.46. The molecule has 142 valence electrons. The van der Waals surface area contributed by atoms with Crippen molar-refractivity contribution in [2.45, 2.75) is 26.1 Å². The maximum atomic E-state index is 12.4. The number of ether oxygens (including phenoxy) is 3. The van der Waals surface area contributed by atoms with E-state index in [4.69, 9.17) is 4.74 Å². The lowest BCUT2D eigenvalue weighted by molar-refractivity contribution is -0.121. The van der Waals surface area contributed by atoms with Gasteiger partial charge < -0.3 is 19.5 Å². The fraction of sp³-hybridized carbons (Fsp3) is 0.500. The summed E-state index contributed by atoms with van der Waals surface area (Å²) in [6.07, 6.45) is 0.111. The van der Waals surface area contributed by atoms with Crippen LogP contribution in [0.3, 0.4) is 0 Å². The van der Waals surface area contributed by atoms with E-state index in [1.54, 1.807) is 0 Å². The van der Waals surface area contributed by atoms with Crippen molar-refractivity contribution in [3.63, 3.8) is 0 Å². The van der Waals surface area contributed by atoms with E-state index < -0.39 is 11.9 Å². The second kappa shape index (κ2) is 8.77. The first-order chi connectivity index (χ1) is 12.3. The highest BCUT2D eigenvalue weighted by Crippen LogP contribution is 2.17. The molecule has 0 bridgehead atoms. The Morgan fingerprint density at radius 3 is 2.00 bits per heavy atom. The summed E-state index contributed by atoms with van der Waals surface area (Å²) in [6, 6.07) is 4.28. The molecule has 0 aliphatic carbocycles. The molecule has 1 fully saturated rings. The lowest BCUT2D eigenvalue weighted by atomic mass is 10.1. The van der Waals surface area contributed by atoms with Crippen molar-refractivity contribution in [1.82, 2.24) is 4.90 Å². The van der Waals surface area contributed by atoms with Crippen molar-refractivity contribution >= 4 is 23.5 Å². The summed E-state index contributed by atoms with van der Waals surface area (Å²) in [5, 5.41) is 2.72. The number of nitrogens with zero attached hydrogens (tertiary/aromatic N) is 1. The number of methoxy groups -OCH3 is 2. The van der Waals surface area contributed by atoms with E-state index in [0.29, 0.717) is 18.8 Å². The average Bonchev–Trinajstić information content (AvgIpc) is 2.58. The first-order valence-corrected chi connectivity index (χ1v) is 8.31. The topological polar surface area (TPSA) is 94.2 Å². The number of hydrogen-bond acceptors (Lipinski definition) is 7. The highest BCUT2D eigenvalue weighted by molar-refractivity contribution is 5.99. The van der Waals surface area contributed by atoms with Gasteiger partial charge in [-0.15, -0.1) is 0 Å². The molecule has 1 heterocycles. The van der Waals surface area contributed by atoms with Gasteiger partial charge in [0.1, 0.15) is 0 Å². The molecular weight excluding hydrogens is 340 g/mol. The van der Waals surface area contributed by atoms with E-state index >= 15 is 0 Å². The number of hydrogen-bond donors (Lipinski definition) is 1. The summed E-state index contributed by atoms with van der Waals surface area (Å²) in [4.78, 5) is 38.0. The minimum atomic E-state index is -0.609. The minimum absolute atomic E-state index is 0.0557. The van der Waals surface area contributed by atoms with Gasteiger partial charge in [-0.2, -0.15) is 0 Å². The molecule has 1 aliphatic heterocycles. The number of carbonyl (C=O) groups is 3. The Balaban J connectivity index is 2.12. The predicted molar refractivity (Wildman–Crippen MR) is 94.2 cm³/mol. The molecule has 1 N–H and O–H groups in total. The standard InChI is InChI=1S/C18H24N2O6/c1-11-8-20(9-12(2)26-11)10-16(21)19-15-6-13(17(22)24-3)5-14(7-15)18(23)25-4/h5-7,11-12H,8-10H2,1-4H3,(H,19,21)/t11-,12-/m1/s1. The fourth-order valence-corrected chi connectivity index (χ4v) is 2.99. The SMILES string of the molecule is COC(=O)c1cc(NC(=O)CN2C[C@@H](C)O[C@H](C)C2)cc(C(=O)OC)c1. The maximum Gasteiger partial charge on any atom is 0.337 e. The average molecular weight is 364 g/mol. The van der Waals surface area contributed by atoms with Crippen molar-refractivity contribution in [1.29, 1.82) is 0 Å². The Labute approximate surface area is 152 Å². The van der Waals surface area contributed by atoms with Crippen LogP contribution in [0, 0.1) is 0 Å². The Hall–Kier alpha value is -2.45. The highest BCUT2D eigenvalue weighted by atomic mass is 16.5. The third-order valence-corrected chi connectivity index (χ3v) is 3.92. The van der Waals surface area contributed by atoms with Gasteiger partial charge in [0.15, 0.2) is 0 Å². The maximum absolute atomic E-state index is 12.4. The van der Waals surface area contributed by atoms with Crippen LogP contribution in [0.1, 0.15) is 34.6 Å². The summed E-state index contributed by atoms with van der Waals surface area (Å²) >= 11 is 0. The molecule has 1 aliphatic rings. The van der Waals surface area contributed by atoms with Crippen LogP contribution in [-0.4, -0.2) is 68.8 Å². The van der Waals surface area contributed by atoms with Crippen LogP contribution in [0.5, 0.6) is 0 Å². The molecule has 2 atom stereocenters. The molecule has 0 saturated carbocycles. The number of morpholine rings is 1. The van der Waals surface area contributed by atoms with Gasteiger partial charge in [-0.25, -0.2) is 9.59 Å². The number of esters is 2. The lowest BCUT2D eigenvalue weighted by Crippen LogP contribution is -2.48. The summed E-state index contributed by atoms with van der Waals surface area (Å²) in [5.41, 5.74) is 0.631. The summed E-state index contributed by atoms with van der Waals surface area (Å²) < 4.78 is 15.0. The van der Waals surface area contributed by atoms with E-state index in [1.807, 2.05) is 18.7 Å². The second-order valence-corrected chi connectivity index (χ2v) is 6.28. The normalized spacial score (nSPS) is 20.3. The third-order valence-electron chi connectivity index (χ3n) is 3.92. The van der Waals surface area contributed by atoms with Crippen molar-refractivity contribution in [2.75, 3.05) is 39.2 Å². The number of benzene rings is 1.